The van der Waals surface area contributed by atoms with Gasteiger partial charge in [0.1, 0.15) is 5.75 Å². The Morgan fingerprint density at radius 2 is 2.00 bits per heavy atom. The summed E-state index contributed by atoms with van der Waals surface area (Å²) in [6, 6.07) is 6.79. The van der Waals surface area contributed by atoms with E-state index in [9.17, 15) is 9.59 Å². The van der Waals surface area contributed by atoms with E-state index in [1.807, 2.05) is 0 Å². The molecule has 1 aromatic carbocycles. The summed E-state index contributed by atoms with van der Waals surface area (Å²) in [5, 5.41) is 5.00. The van der Waals surface area contributed by atoms with Crippen molar-refractivity contribution in [2.24, 2.45) is 0 Å². The van der Waals surface area contributed by atoms with Crippen LogP contribution in [0.3, 0.4) is 0 Å². The molecule has 1 aromatic rings. The standard InChI is InChI=1S/C13H18N2O4/c1-18-8-4-7-14-12(16)13(17)15-10-5-3-6-11(9-10)19-2/h3,5-6,9H,4,7-8H2,1-2H3,(H,14,16)(H,15,17). The maximum absolute atomic E-state index is 11.6. The third-order valence-corrected chi connectivity index (χ3v) is 2.34. The van der Waals surface area contributed by atoms with Gasteiger partial charge in [-0.25, -0.2) is 0 Å². The van der Waals surface area contributed by atoms with Gasteiger partial charge in [-0.15, -0.1) is 0 Å². The van der Waals surface area contributed by atoms with E-state index >= 15 is 0 Å². The van der Waals surface area contributed by atoms with Gasteiger partial charge in [-0.05, 0) is 18.6 Å². The number of nitrogens with one attached hydrogen (secondary N) is 2. The molecule has 0 aliphatic rings. The molecule has 0 heterocycles. The van der Waals surface area contributed by atoms with Crippen molar-refractivity contribution in [2.45, 2.75) is 6.42 Å². The van der Waals surface area contributed by atoms with Crippen molar-refractivity contribution < 1.29 is 19.1 Å². The second kappa shape index (κ2) is 8.10. The number of amides is 2. The number of hydrogen-bond donors (Lipinski definition) is 2. The molecule has 19 heavy (non-hydrogen) atoms. The van der Waals surface area contributed by atoms with E-state index in [1.54, 1.807) is 31.4 Å². The zero-order chi connectivity index (χ0) is 14.1. The number of ether oxygens (including phenoxy) is 2. The fraction of sp³-hybridized carbons (Fsp3) is 0.385. The number of rotatable bonds is 6. The Morgan fingerprint density at radius 3 is 2.68 bits per heavy atom. The van der Waals surface area contributed by atoms with Crippen LogP contribution in [0, 0.1) is 0 Å². The minimum atomic E-state index is -0.703. The number of carbonyl (C=O) groups excluding carboxylic acids is 2. The Labute approximate surface area is 112 Å². The molecular formula is C13H18N2O4. The fourth-order valence-electron chi connectivity index (χ4n) is 1.39. The Balaban J connectivity index is 2.42. The lowest BCUT2D eigenvalue weighted by atomic mass is 10.3. The molecule has 0 atom stereocenters. The van der Waals surface area contributed by atoms with Crippen LogP contribution in [0.2, 0.25) is 0 Å². The lowest BCUT2D eigenvalue weighted by Crippen LogP contribution is -2.36. The molecule has 0 unspecified atom stereocenters. The molecule has 0 aromatic heterocycles. The summed E-state index contributed by atoms with van der Waals surface area (Å²) in [5.74, 6) is -0.761. The summed E-state index contributed by atoms with van der Waals surface area (Å²) in [6.07, 6.45) is 0.661. The first kappa shape index (κ1) is 15.0. The predicted octanol–water partition coefficient (Wildman–Crippen LogP) is 0.786. The molecule has 104 valence electrons. The number of benzene rings is 1. The van der Waals surface area contributed by atoms with Crippen molar-refractivity contribution in [2.75, 3.05) is 32.7 Å². The number of carbonyl (C=O) groups is 2. The molecule has 0 bridgehead atoms. The minimum Gasteiger partial charge on any atom is -0.497 e. The quantitative estimate of drug-likeness (QED) is 0.589. The molecule has 0 spiro atoms. The molecule has 1 rings (SSSR count). The third-order valence-electron chi connectivity index (χ3n) is 2.34. The molecule has 2 amide bonds. The Morgan fingerprint density at radius 1 is 1.21 bits per heavy atom. The number of hydrogen-bond acceptors (Lipinski definition) is 4. The molecule has 0 aliphatic heterocycles. The van der Waals surface area contributed by atoms with Gasteiger partial charge in [0.2, 0.25) is 0 Å². The maximum Gasteiger partial charge on any atom is 0.313 e. The summed E-state index contributed by atoms with van der Waals surface area (Å²) >= 11 is 0. The van der Waals surface area contributed by atoms with Crippen LogP contribution in [-0.2, 0) is 14.3 Å². The molecule has 6 heteroatoms. The van der Waals surface area contributed by atoms with Crippen molar-refractivity contribution in [1.29, 1.82) is 0 Å². The van der Waals surface area contributed by atoms with Gasteiger partial charge in [-0.2, -0.15) is 0 Å². The van der Waals surface area contributed by atoms with Crippen molar-refractivity contribution >= 4 is 17.5 Å². The maximum atomic E-state index is 11.6. The smallest absolute Gasteiger partial charge is 0.313 e. The molecule has 0 saturated carbocycles. The third kappa shape index (κ3) is 5.39. The molecular weight excluding hydrogens is 248 g/mol. The summed E-state index contributed by atoms with van der Waals surface area (Å²) < 4.78 is 9.86. The van der Waals surface area contributed by atoms with E-state index in [-0.39, 0.29) is 0 Å². The van der Waals surface area contributed by atoms with E-state index in [0.717, 1.165) is 0 Å². The largest absolute Gasteiger partial charge is 0.497 e. The van der Waals surface area contributed by atoms with Gasteiger partial charge in [0.15, 0.2) is 0 Å². The second-order valence-electron chi connectivity index (χ2n) is 3.79. The summed E-state index contributed by atoms with van der Waals surface area (Å²) in [7, 11) is 3.11. The highest BCUT2D eigenvalue weighted by Crippen LogP contribution is 2.16. The van der Waals surface area contributed by atoms with Crippen LogP contribution in [0.4, 0.5) is 5.69 Å². The van der Waals surface area contributed by atoms with Crippen molar-refractivity contribution in [1.82, 2.24) is 5.32 Å². The molecule has 6 nitrogen and oxygen atoms in total. The lowest BCUT2D eigenvalue weighted by Gasteiger charge is -2.07. The lowest BCUT2D eigenvalue weighted by molar-refractivity contribution is -0.136. The van der Waals surface area contributed by atoms with Gasteiger partial charge in [-0.1, -0.05) is 6.07 Å². The second-order valence-corrected chi connectivity index (χ2v) is 3.79. The average molecular weight is 266 g/mol. The van der Waals surface area contributed by atoms with E-state index in [4.69, 9.17) is 9.47 Å². The van der Waals surface area contributed by atoms with Gasteiger partial charge in [0.25, 0.3) is 0 Å². The van der Waals surface area contributed by atoms with Gasteiger partial charge in [-0.3, -0.25) is 9.59 Å². The van der Waals surface area contributed by atoms with E-state index in [1.165, 1.54) is 7.11 Å². The summed E-state index contributed by atoms with van der Waals surface area (Å²) in [4.78, 5) is 23.1. The molecule has 2 N–H and O–H groups in total. The summed E-state index contributed by atoms with van der Waals surface area (Å²) in [5.41, 5.74) is 0.511. The first-order chi connectivity index (χ1) is 9.17. The van der Waals surface area contributed by atoms with Crippen molar-refractivity contribution in [3.63, 3.8) is 0 Å². The highest BCUT2D eigenvalue weighted by molar-refractivity contribution is 6.39. The van der Waals surface area contributed by atoms with E-state index < -0.39 is 11.8 Å². The Hall–Kier alpha value is -2.08. The van der Waals surface area contributed by atoms with Crippen LogP contribution in [-0.4, -0.2) is 39.2 Å². The topological polar surface area (TPSA) is 76.7 Å². The fourth-order valence-corrected chi connectivity index (χ4v) is 1.39. The van der Waals surface area contributed by atoms with Crippen LogP contribution in [0.5, 0.6) is 5.75 Å². The van der Waals surface area contributed by atoms with Crippen LogP contribution in [0.1, 0.15) is 6.42 Å². The zero-order valence-electron chi connectivity index (χ0n) is 11.1. The Bertz CT molecular complexity index is 434. The zero-order valence-corrected chi connectivity index (χ0v) is 11.1. The van der Waals surface area contributed by atoms with Crippen LogP contribution < -0.4 is 15.4 Å². The molecule has 0 aliphatic carbocycles. The van der Waals surface area contributed by atoms with Gasteiger partial charge in [0, 0.05) is 32.0 Å². The van der Waals surface area contributed by atoms with Crippen LogP contribution in [0.15, 0.2) is 24.3 Å². The van der Waals surface area contributed by atoms with Gasteiger partial charge < -0.3 is 20.1 Å². The SMILES string of the molecule is COCCCNC(=O)C(=O)Nc1cccc(OC)c1. The van der Waals surface area contributed by atoms with Gasteiger partial charge >= 0.3 is 11.8 Å². The molecule has 0 radical (unpaired) electrons. The minimum absolute atomic E-state index is 0.401. The number of methoxy groups -OCH3 is 2. The first-order valence-corrected chi connectivity index (χ1v) is 5.89. The van der Waals surface area contributed by atoms with Crippen molar-refractivity contribution in [3.8, 4) is 5.75 Å². The van der Waals surface area contributed by atoms with E-state index in [0.29, 0.717) is 31.0 Å². The van der Waals surface area contributed by atoms with Crippen molar-refractivity contribution in [3.05, 3.63) is 24.3 Å². The van der Waals surface area contributed by atoms with Gasteiger partial charge in [0.05, 0.1) is 7.11 Å². The highest BCUT2D eigenvalue weighted by Gasteiger charge is 2.12. The monoisotopic (exact) mass is 266 g/mol. The average Bonchev–Trinajstić information content (AvgIpc) is 2.43. The molecule has 0 fully saturated rings. The first-order valence-electron chi connectivity index (χ1n) is 5.89. The van der Waals surface area contributed by atoms with E-state index in [2.05, 4.69) is 10.6 Å². The summed E-state index contributed by atoms with van der Waals surface area (Å²) in [6.45, 7) is 0.940. The molecule has 0 saturated heterocycles. The predicted molar refractivity (Wildman–Crippen MR) is 71.1 cm³/mol. The number of anilines is 1. The highest BCUT2D eigenvalue weighted by atomic mass is 16.5. The Kier molecular flexibility index (Phi) is 6.38. The normalized spacial score (nSPS) is 9.79. The van der Waals surface area contributed by atoms with Crippen LogP contribution >= 0.6 is 0 Å². The van der Waals surface area contributed by atoms with Crippen LogP contribution in [0.25, 0.3) is 0 Å².